The smallest absolute Gasteiger partial charge is 0.407 e. The average molecular weight is 222 g/mol. The Labute approximate surface area is 91.9 Å². The molecule has 14 heavy (non-hydrogen) atoms. The Balaban J connectivity index is 0.00000169. The zero-order chi connectivity index (χ0) is 10.1. The Morgan fingerprint density at radius 3 is 2.00 bits per heavy atom. The molecule has 0 saturated carbocycles. The molecule has 1 saturated heterocycles. The van der Waals surface area contributed by atoms with Crippen LogP contribution in [0.4, 0.5) is 4.79 Å². The van der Waals surface area contributed by atoms with Crippen LogP contribution in [-0.2, 0) is 0 Å². The van der Waals surface area contributed by atoms with Crippen molar-refractivity contribution in [3.8, 4) is 0 Å². The van der Waals surface area contributed by atoms with Crippen molar-refractivity contribution < 1.29 is 9.90 Å². The van der Waals surface area contributed by atoms with Crippen LogP contribution in [-0.4, -0.2) is 29.2 Å². The van der Waals surface area contributed by atoms with Gasteiger partial charge >= 0.3 is 6.09 Å². The maximum Gasteiger partial charge on any atom is 0.407 e. The van der Waals surface area contributed by atoms with Gasteiger partial charge in [-0.05, 0) is 24.2 Å². The number of hydrogen-bond donors (Lipinski definition) is 1. The van der Waals surface area contributed by atoms with E-state index in [4.69, 9.17) is 5.11 Å². The van der Waals surface area contributed by atoms with Gasteiger partial charge in [0.25, 0.3) is 0 Å². The fraction of sp³-hybridized carbons (Fsp3) is 0.900. The predicted octanol–water partition coefficient (Wildman–Crippen LogP) is 2.84. The summed E-state index contributed by atoms with van der Waals surface area (Å²) < 4.78 is 0. The highest BCUT2D eigenvalue weighted by Gasteiger charge is 2.29. The molecule has 0 aromatic heterocycles. The third-order valence-corrected chi connectivity index (χ3v) is 2.99. The standard InChI is InChI=1S/C10H19NO2.ClH/c1-10(2,3)8-4-6-11(7-5-8)9(12)13;/h8H,4-7H2,1-3H3,(H,12,13);1H. The van der Waals surface area contributed by atoms with E-state index in [1.165, 1.54) is 4.90 Å². The van der Waals surface area contributed by atoms with E-state index in [1.807, 2.05) is 0 Å². The molecule has 1 aliphatic rings. The monoisotopic (exact) mass is 221 g/mol. The van der Waals surface area contributed by atoms with Gasteiger partial charge in [0.15, 0.2) is 0 Å². The molecule has 0 aliphatic carbocycles. The lowest BCUT2D eigenvalue weighted by molar-refractivity contribution is 0.0954. The van der Waals surface area contributed by atoms with Crippen molar-refractivity contribution in [1.29, 1.82) is 0 Å². The summed E-state index contributed by atoms with van der Waals surface area (Å²) in [5, 5.41) is 8.75. The normalized spacial score (nSPS) is 18.9. The van der Waals surface area contributed by atoms with Crippen molar-refractivity contribution in [2.24, 2.45) is 11.3 Å². The average Bonchev–Trinajstić information content (AvgIpc) is 2.03. The first-order valence-corrected chi connectivity index (χ1v) is 4.89. The third kappa shape index (κ3) is 3.37. The van der Waals surface area contributed by atoms with Gasteiger partial charge in [0.2, 0.25) is 0 Å². The summed E-state index contributed by atoms with van der Waals surface area (Å²) in [6.07, 6.45) is 1.25. The van der Waals surface area contributed by atoms with Crippen LogP contribution in [0.2, 0.25) is 0 Å². The SMILES string of the molecule is CC(C)(C)C1CCN(C(=O)O)CC1.Cl. The van der Waals surface area contributed by atoms with Crippen LogP contribution in [0.15, 0.2) is 0 Å². The number of amides is 1. The first-order valence-electron chi connectivity index (χ1n) is 4.89. The second-order valence-electron chi connectivity index (χ2n) is 4.91. The highest BCUT2D eigenvalue weighted by atomic mass is 35.5. The molecule has 1 N–H and O–H groups in total. The van der Waals surface area contributed by atoms with Gasteiger partial charge in [0, 0.05) is 13.1 Å². The highest BCUT2D eigenvalue weighted by molar-refractivity contribution is 5.85. The van der Waals surface area contributed by atoms with Gasteiger partial charge < -0.3 is 10.0 Å². The molecule has 3 nitrogen and oxygen atoms in total. The Kier molecular flexibility index (Phi) is 4.72. The van der Waals surface area contributed by atoms with Gasteiger partial charge in [-0.15, -0.1) is 12.4 Å². The van der Waals surface area contributed by atoms with Crippen LogP contribution in [0.25, 0.3) is 0 Å². The summed E-state index contributed by atoms with van der Waals surface area (Å²) in [5.74, 6) is 0.670. The van der Waals surface area contributed by atoms with E-state index in [-0.39, 0.29) is 12.4 Å². The number of carboxylic acid groups (broad SMARTS) is 1. The lowest BCUT2D eigenvalue weighted by atomic mass is 9.75. The molecule has 0 atom stereocenters. The molecule has 84 valence electrons. The summed E-state index contributed by atoms with van der Waals surface area (Å²) in [6.45, 7) is 8.10. The van der Waals surface area contributed by atoms with Crippen molar-refractivity contribution in [3.63, 3.8) is 0 Å². The molecule has 0 radical (unpaired) electrons. The minimum Gasteiger partial charge on any atom is -0.465 e. The Morgan fingerprint density at radius 2 is 1.71 bits per heavy atom. The largest absolute Gasteiger partial charge is 0.465 e. The number of likely N-dealkylation sites (tertiary alicyclic amines) is 1. The first kappa shape index (κ1) is 13.6. The minimum absolute atomic E-state index is 0. The third-order valence-electron chi connectivity index (χ3n) is 2.99. The number of halogens is 1. The van der Waals surface area contributed by atoms with E-state index < -0.39 is 6.09 Å². The summed E-state index contributed by atoms with van der Waals surface area (Å²) in [5.41, 5.74) is 0.324. The van der Waals surface area contributed by atoms with Crippen LogP contribution >= 0.6 is 12.4 Å². The van der Waals surface area contributed by atoms with Crippen molar-refractivity contribution in [1.82, 2.24) is 4.90 Å². The van der Waals surface area contributed by atoms with Crippen molar-refractivity contribution in [2.45, 2.75) is 33.6 Å². The first-order chi connectivity index (χ1) is 5.91. The molecule has 4 heteroatoms. The number of nitrogens with zero attached hydrogens (tertiary/aromatic N) is 1. The molecule has 1 amide bonds. The van der Waals surface area contributed by atoms with Gasteiger partial charge in [0.1, 0.15) is 0 Å². The van der Waals surface area contributed by atoms with Crippen LogP contribution < -0.4 is 0 Å². The Bertz CT molecular complexity index is 193. The molecular weight excluding hydrogens is 202 g/mol. The molecule has 0 spiro atoms. The predicted molar refractivity (Wildman–Crippen MR) is 59.0 cm³/mol. The van der Waals surface area contributed by atoms with Gasteiger partial charge in [-0.25, -0.2) is 4.79 Å². The summed E-state index contributed by atoms with van der Waals surface area (Å²) in [4.78, 5) is 12.2. The number of piperidine rings is 1. The van der Waals surface area contributed by atoms with Crippen LogP contribution in [0.5, 0.6) is 0 Å². The van der Waals surface area contributed by atoms with E-state index in [0.29, 0.717) is 24.4 Å². The Morgan fingerprint density at radius 1 is 1.29 bits per heavy atom. The number of hydrogen-bond acceptors (Lipinski definition) is 1. The molecule has 1 rings (SSSR count). The number of carbonyl (C=O) groups is 1. The van der Waals surface area contributed by atoms with Crippen molar-refractivity contribution in [2.75, 3.05) is 13.1 Å². The summed E-state index contributed by atoms with van der Waals surface area (Å²) in [7, 11) is 0. The van der Waals surface area contributed by atoms with E-state index in [0.717, 1.165) is 12.8 Å². The topological polar surface area (TPSA) is 40.5 Å². The van der Waals surface area contributed by atoms with Crippen LogP contribution in [0.3, 0.4) is 0 Å². The maximum absolute atomic E-state index is 10.6. The minimum atomic E-state index is -0.771. The molecule has 0 aromatic rings. The highest BCUT2D eigenvalue weighted by Crippen LogP contribution is 2.34. The molecule has 1 aliphatic heterocycles. The second kappa shape index (κ2) is 4.87. The van der Waals surface area contributed by atoms with E-state index >= 15 is 0 Å². The van der Waals surface area contributed by atoms with Gasteiger partial charge in [-0.2, -0.15) is 0 Å². The molecular formula is C10H20ClNO2. The van der Waals surface area contributed by atoms with E-state index in [2.05, 4.69) is 20.8 Å². The molecule has 0 bridgehead atoms. The van der Waals surface area contributed by atoms with Crippen LogP contribution in [0.1, 0.15) is 33.6 Å². The maximum atomic E-state index is 10.6. The summed E-state index contributed by atoms with van der Waals surface area (Å²) >= 11 is 0. The lowest BCUT2D eigenvalue weighted by Gasteiger charge is -2.37. The molecule has 1 fully saturated rings. The number of rotatable bonds is 0. The molecule has 1 heterocycles. The fourth-order valence-electron chi connectivity index (χ4n) is 1.94. The molecule has 0 aromatic carbocycles. The zero-order valence-electron chi connectivity index (χ0n) is 9.12. The van der Waals surface area contributed by atoms with Gasteiger partial charge in [-0.3, -0.25) is 0 Å². The second-order valence-corrected chi connectivity index (χ2v) is 4.91. The van der Waals surface area contributed by atoms with Crippen LogP contribution in [0, 0.1) is 11.3 Å². The molecule has 0 unspecified atom stereocenters. The fourth-order valence-corrected chi connectivity index (χ4v) is 1.94. The van der Waals surface area contributed by atoms with E-state index in [1.54, 1.807) is 0 Å². The lowest BCUT2D eigenvalue weighted by Crippen LogP contribution is -2.40. The van der Waals surface area contributed by atoms with Crippen molar-refractivity contribution in [3.05, 3.63) is 0 Å². The van der Waals surface area contributed by atoms with E-state index in [9.17, 15) is 4.79 Å². The van der Waals surface area contributed by atoms with Gasteiger partial charge in [-0.1, -0.05) is 20.8 Å². The Hall–Kier alpha value is -0.440. The zero-order valence-corrected chi connectivity index (χ0v) is 9.93. The van der Waals surface area contributed by atoms with Crippen molar-refractivity contribution >= 4 is 18.5 Å². The summed E-state index contributed by atoms with van der Waals surface area (Å²) in [6, 6.07) is 0. The quantitative estimate of drug-likeness (QED) is 0.684. The van der Waals surface area contributed by atoms with Gasteiger partial charge in [0.05, 0.1) is 0 Å².